The van der Waals surface area contributed by atoms with Gasteiger partial charge in [0.25, 0.3) is 10.0 Å². The summed E-state index contributed by atoms with van der Waals surface area (Å²) in [5.74, 6) is 0.266. The van der Waals surface area contributed by atoms with E-state index in [1.54, 1.807) is 30.3 Å². The van der Waals surface area contributed by atoms with Crippen LogP contribution in [0.5, 0.6) is 5.75 Å². The highest BCUT2D eigenvalue weighted by molar-refractivity contribution is 7.92. The molecule has 0 radical (unpaired) electrons. The van der Waals surface area contributed by atoms with Gasteiger partial charge < -0.3 is 10.1 Å². The number of amides is 1. The lowest BCUT2D eigenvalue weighted by Gasteiger charge is -2.13. The zero-order valence-corrected chi connectivity index (χ0v) is 20.3. The van der Waals surface area contributed by atoms with E-state index in [4.69, 9.17) is 4.74 Å². The second kappa shape index (κ2) is 9.48. The van der Waals surface area contributed by atoms with Crippen molar-refractivity contribution in [2.75, 3.05) is 17.1 Å². The normalized spacial score (nSPS) is 14.3. The summed E-state index contributed by atoms with van der Waals surface area (Å²) < 4.78 is 34.2. The zero-order valence-electron chi connectivity index (χ0n) is 18.7. The summed E-state index contributed by atoms with van der Waals surface area (Å²) in [5.41, 5.74) is 2.54. The van der Waals surface area contributed by atoms with Crippen LogP contribution in [0.2, 0.25) is 0 Å². The Hall–Kier alpha value is -2.98. The molecular weight excluding hydrogens is 460 g/mol. The van der Waals surface area contributed by atoms with Gasteiger partial charge in [0.1, 0.15) is 10.6 Å². The molecule has 1 fully saturated rings. The van der Waals surface area contributed by atoms with Crippen molar-refractivity contribution in [3.05, 3.63) is 47.9 Å². The number of carbonyl (C=O) groups excluding carboxylic acids is 1. The van der Waals surface area contributed by atoms with Gasteiger partial charge in [-0.3, -0.25) is 14.5 Å². The molecule has 2 N–H and O–H groups in total. The molecule has 10 heteroatoms. The molecule has 0 atom stereocenters. The summed E-state index contributed by atoms with van der Waals surface area (Å²) in [7, 11) is -2.51. The number of ether oxygens (including phenoxy) is 1. The third kappa shape index (κ3) is 5.17. The first-order valence-corrected chi connectivity index (χ1v) is 13.0. The van der Waals surface area contributed by atoms with Gasteiger partial charge in [0, 0.05) is 11.6 Å². The topological polar surface area (TPSA) is 110 Å². The van der Waals surface area contributed by atoms with Crippen molar-refractivity contribution in [3.63, 3.8) is 0 Å². The fraction of sp³-hybridized carbons (Fsp3) is 0.348. The Kier molecular flexibility index (Phi) is 6.66. The molecule has 33 heavy (non-hydrogen) atoms. The summed E-state index contributed by atoms with van der Waals surface area (Å²) in [6.45, 7) is 3.66. The number of sulfonamides is 1. The third-order valence-electron chi connectivity index (χ3n) is 5.63. The van der Waals surface area contributed by atoms with Crippen molar-refractivity contribution in [1.29, 1.82) is 0 Å². The number of hydrogen-bond donors (Lipinski definition) is 2. The minimum absolute atomic E-state index is 0.00158. The Balaban J connectivity index is 1.63. The Morgan fingerprint density at radius 1 is 1.15 bits per heavy atom. The largest absolute Gasteiger partial charge is 0.495 e. The number of anilines is 2. The van der Waals surface area contributed by atoms with Gasteiger partial charge in [0.05, 0.1) is 29.6 Å². The van der Waals surface area contributed by atoms with Crippen LogP contribution >= 0.6 is 11.3 Å². The van der Waals surface area contributed by atoms with Crippen LogP contribution in [0.4, 0.5) is 10.8 Å². The smallest absolute Gasteiger partial charge is 0.265 e. The van der Waals surface area contributed by atoms with E-state index < -0.39 is 10.0 Å². The maximum atomic E-state index is 13.1. The van der Waals surface area contributed by atoms with E-state index in [1.807, 2.05) is 13.8 Å². The molecule has 8 nitrogen and oxygen atoms in total. The Morgan fingerprint density at radius 2 is 1.91 bits per heavy atom. The number of pyridine rings is 1. The van der Waals surface area contributed by atoms with Gasteiger partial charge in [0.2, 0.25) is 5.91 Å². The third-order valence-corrected chi connectivity index (χ3v) is 8.16. The number of carbonyl (C=O) groups is 1. The van der Waals surface area contributed by atoms with Gasteiger partial charge in [-0.15, -0.1) is 0 Å². The monoisotopic (exact) mass is 486 g/mol. The standard InChI is InChI=1S/C23H26N4O4S2/c1-14-8-10-18(13-24-14)27-33(29,30)20-12-17(9-11-19(20)31-3)21-15(2)25-23(32-21)26-22(28)16-6-4-5-7-16/h8-13,16,27H,4-7H2,1-3H3,(H,25,26,28). The highest BCUT2D eigenvalue weighted by Gasteiger charge is 2.25. The number of nitrogens with one attached hydrogen (secondary N) is 2. The lowest BCUT2D eigenvalue weighted by molar-refractivity contribution is -0.119. The van der Waals surface area contributed by atoms with Crippen LogP contribution in [0.25, 0.3) is 10.4 Å². The molecule has 1 saturated carbocycles. The lowest BCUT2D eigenvalue weighted by Crippen LogP contribution is -2.20. The van der Waals surface area contributed by atoms with Crippen LogP contribution < -0.4 is 14.8 Å². The maximum Gasteiger partial charge on any atom is 0.265 e. The summed E-state index contributed by atoms with van der Waals surface area (Å²) in [6.07, 6.45) is 5.44. The van der Waals surface area contributed by atoms with Crippen LogP contribution in [0, 0.1) is 19.8 Å². The molecule has 4 rings (SSSR count). The summed E-state index contributed by atoms with van der Waals surface area (Å²) in [6, 6.07) is 8.35. The second-order valence-corrected chi connectivity index (χ2v) is 10.7. The fourth-order valence-electron chi connectivity index (χ4n) is 3.88. The second-order valence-electron chi connectivity index (χ2n) is 8.06. The number of benzene rings is 1. The highest BCUT2D eigenvalue weighted by atomic mass is 32.2. The Bertz CT molecular complexity index is 1260. The number of nitrogens with zero attached hydrogens (tertiary/aromatic N) is 2. The minimum atomic E-state index is -3.94. The highest BCUT2D eigenvalue weighted by Crippen LogP contribution is 2.37. The van der Waals surface area contributed by atoms with Gasteiger partial charge in [-0.25, -0.2) is 13.4 Å². The SMILES string of the molecule is COc1ccc(-c2sc(NC(=O)C3CCCC3)nc2C)cc1S(=O)(=O)Nc1ccc(C)nc1. The van der Waals surface area contributed by atoms with Crippen molar-refractivity contribution in [1.82, 2.24) is 9.97 Å². The van der Waals surface area contributed by atoms with E-state index >= 15 is 0 Å². The van der Waals surface area contributed by atoms with Crippen LogP contribution in [0.15, 0.2) is 41.4 Å². The molecule has 0 bridgehead atoms. The van der Waals surface area contributed by atoms with E-state index in [0.29, 0.717) is 22.1 Å². The van der Waals surface area contributed by atoms with Gasteiger partial charge in [-0.1, -0.05) is 24.2 Å². The maximum absolute atomic E-state index is 13.1. The molecule has 2 heterocycles. The van der Waals surface area contributed by atoms with Crippen molar-refractivity contribution < 1.29 is 17.9 Å². The van der Waals surface area contributed by atoms with Crippen LogP contribution in [0.3, 0.4) is 0 Å². The molecule has 1 amide bonds. The Labute approximate surface area is 197 Å². The van der Waals surface area contributed by atoms with Gasteiger partial charge in [-0.2, -0.15) is 0 Å². The average Bonchev–Trinajstić information content (AvgIpc) is 3.45. The number of aromatic nitrogens is 2. The van der Waals surface area contributed by atoms with Gasteiger partial charge in [0.15, 0.2) is 5.13 Å². The number of thiazole rings is 1. The molecule has 174 valence electrons. The van der Waals surface area contributed by atoms with E-state index in [0.717, 1.165) is 36.3 Å². The van der Waals surface area contributed by atoms with E-state index in [1.165, 1.54) is 24.6 Å². The molecule has 0 aliphatic heterocycles. The van der Waals surface area contributed by atoms with Crippen LogP contribution in [0.1, 0.15) is 37.1 Å². The van der Waals surface area contributed by atoms with Crippen molar-refractivity contribution in [3.8, 4) is 16.2 Å². The summed E-state index contributed by atoms with van der Waals surface area (Å²) in [4.78, 5) is 21.9. The minimum Gasteiger partial charge on any atom is -0.495 e. The van der Waals surface area contributed by atoms with Crippen molar-refractivity contribution in [2.24, 2.45) is 5.92 Å². The molecule has 0 unspecified atom stereocenters. The predicted molar refractivity (Wildman–Crippen MR) is 129 cm³/mol. The Morgan fingerprint density at radius 3 is 2.58 bits per heavy atom. The predicted octanol–water partition coefficient (Wildman–Crippen LogP) is 4.76. The molecular formula is C23H26N4O4S2. The van der Waals surface area contributed by atoms with Crippen LogP contribution in [-0.4, -0.2) is 31.4 Å². The molecule has 1 aromatic carbocycles. The molecule has 0 saturated heterocycles. The first-order valence-electron chi connectivity index (χ1n) is 10.7. The van der Waals surface area contributed by atoms with Crippen molar-refractivity contribution in [2.45, 2.75) is 44.4 Å². The molecule has 0 spiro atoms. The van der Waals surface area contributed by atoms with Crippen LogP contribution in [-0.2, 0) is 14.8 Å². The average molecular weight is 487 g/mol. The fourth-order valence-corrected chi connectivity index (χ4v) is 6.08. The lowest BCUT2D eigenvalue weighted by atomic mass is 10.1. The quantitative estimate of drug-likeness (QED) is 0.498. The number of hydrogen-bond acceptors (Lipinski definition) is 7. The number of rotatable bonds is 7. The van der Waals surface area contributed by atoms with Gasteiger partial charge >= 0.3 is 0 Å². The molecule has 1 aliphatic carbocycles. The molecule has 3 aromatic rings. The first kappa shape index (κ1) is 23.2. The number of aryl methyl sites for hydroxylation is 2. The van der Waals surface area contributed by atoms with E-state index in [2.05, 4.69) is 20.0 Å². The first-order chi connectivity index (χ1) is 15.8. The summed E-state index contributed by atoms with van der Waals surface area (Å²) in [5, 5.41) is 3.44. The molecule has 1 aliphatic rings. The number of methoxy groups -OCH3 is 1. The van der Waals surface area contributed by atoms with E-state index in [-0.39, 0.29) is 22.5 Å². The van der Waals surface area contributed by atoms with E-state index in [9.17, 15) is 13.2 Å². The van der Waals surface area contributed by atoms with Gasteiger partial charge in [-0.05, 0) is 62.6 Å². The molecule has 2 aromatic heterocycles. The summed E-state index contributed by atoms with van der Waals surface area (Å²) >= 11 is 1.33. The zero-order chi connectivity index (χ0) is 23.6. The van der Waals surface area contributed by atoms with Crippen molar-refractivity contribution >= 4 is 38.1 Å².